The van der Waals surface area contributed by atoms with Crippen LogP contribution in [-0.4, -0.2) is 65.5 Å². The number of amides is 2. The predicted octanol–water partition coefficient (Wildman–Crippen LogP) is 6.32. The molecular formula is C36H49ClN2O7S. The highest BCUT2D eigenvalue weighted by Gasteiger charge is 2.64. The van der Waals surface area contributed by atoms with Crippen LogP contribution in [0.15, 0.2) is 35.9 Å². The highest BCUT2D eigenvalue weighted by Crippen LogP contribution is 2.49. The molecule has 1 aromatic rings. The largest absolute Gasteiger partial charge is 0.458 e. The van der Waals surface area contributed by atoms with Crippen LogP contribution in [-0.2, 0) is 30.2 Å². The maximum atomic E-state index is 14.0. The lowest BCUT2D eigenvalue weighted by Gasteiger charge is -2.41. The Morgan fingerprint density at radius 2 is 1.89 bits per heavy atom. The number of allylic oxidation sites excluding steroid dienone is 3. The van der Waals surface area contributed by atoms with Gasteiger partial charge in [-0.2, -0.15) is 12.6 Å². The van der Waals surface area contributed by atoms with Crippen molar-refractivity contribution in [3.8, 4) is 0 Å². The van der Waals surface area contributed by atoms with Gasteiger partial charge in [0.05, 0.1) is 29.2 Å². The van der Waals surface area contributed by atoms with Gasteiger partial charge in [-0.25, -0.2) is 4.79 Å². The molecule has 1 saturated carbocycles. The number of benzene rings is 1. The number of carbonyl (C=O) groups excluding carboxylic acids is 3. The van der Waals surface area contributed by atoms with Crippen LogP contribution >= 0.6 is 24.2 Å². The number of carbonyl (C=O) groups is 3. The number of hydrogen-bond acceptors (Lipinski definition) is 8. The molecule has 47 heavy (non-hydrogen) atoms. The Hall–Kier alpha value is -2.53. The molecule has 9 nitrogen and oxygen atoms in total. The molecule has 7 atom stereocenters. The Morgan fingerprint density at radius 3 is 2.57 bits per heavy atom. The molecule has 2 saturated heterocycles. The van der Waals surface area contributed by atoms with Crippen molar-refractivity contribution in [2.75, 3.05) is 17.7 Å². The Bertz CT molecular complexity index is 1440. The summed E-state index contributed by atoms with van der Waals surface area (Å²) < 4.78 is 18.2. The average Bonchev–Trinajstić information content (AvgIpc) is 3.72. The Balaban J connectivity index is 1.50. The number of ether oxygens (including phenoxy) is 3. The molecule has 0 unspecified atom stereocenters. The monoisotopic (exact) mass is 688 g/mol. The van der Waals surface area contributed by atoms with Gasteiger partial charge in [-0.05, 0) is 81.7 Å². The highest BCUT2D eigenvalue weighted by molar-refractivity contribution is 7.80. The molecule has 0 spiro atoms. The second-order valence-electron chi connectivity index (χ2n) is 14.4. The highest BCUT2D eigenvalue weighted by atomic mass is 35.5. The number of thiol groups is 1. The van der Waals surface area contributed by atoms with Gasteiger partial charge in [0, 0.05) is 25.3 Å². The lowest BCUT2D eigenvalue weighted by Crippen LogP contribution is -2.60. The predicted molar refractivity (Wildman–Crippen MR) is 185 cm³/mol. The van der Waals surface area contributed by atoms with Gasteiger partial charge in [0.25, 0.3) is 0 Å². The third-order valence-electron chi connectivity index (χ3n) is 10.8. The molecule has 0 aromatic heterocycles. The van der Waals surface area contributed by atoms with Crippen LogP contribution in [0, 0.1) is 30.6 Å². The van der Waals surface area contributed by atoms with Gasteiger partial charge in [-0.1, -0.05) is 55.3 Å². The lowest BCUT2D eigenvalue weighted by molar-refractivity contribution is -0.160. The zero-order valence-electron chi connectivity index (χ0n) is 28.3. The van der Waals surface area contributed by atoms with Crippen LogP contribution < -0.4 is 10.2 Å². The van der Waals surface area contributed by atoms with Gasteiger partial charge in [-0.15, -0.1) is 0 Å². The second kappa shape index (κ2) is 14.1. The molecule has 1 aromatic carbocycles. The zero-order chi connectivity index (χ0) is 34.3. The first-order valence-corrected chi connectivity index (χ1v) is 17.8. The van der Waals surface area contributed by atoms with Gasteiger partial charge in [-0.3, -0.25) is 14.9 Å². The van der Waals surface area contributed by atoms with Crippen molar-refractivity contribution in [1.29, 1.82) is 0 Å². The summed E-state index contributed by atoms with van der Waals surface area (Å²) in [6, 6.07) is 3.93. The van der Waals surface area contributed by atoms with E-state index in [2.05, 4.69) is 17.9 Å². The lowest BCUT2D eigenvalue weighted by atomic mass is 9.81. The van der Waals surface area contributed by atoms with Gasteiger partial charge in [0.2, 0.25) is 5.91 Å². The van der Waals surface area contributed by atoms with Gasteiger partial charge >= 0.3 is 12.1 Å². The van der Waals surface area contributed by atoms with E-state index in [1.54, 1.807) is 7.05 Å². The van der Waals surface area contributed by atoms with E-state index >= 15 is 0 Å². The summed E-state index contributed by atoms with van der Waals surface area (Å²) in [5, 5.41) is 14.7. The molecule has 0 radical (unpaired) electrons. The van der Waals surface area contributed by atoms with Crippen molar-refractivity contribution in [1.82, 2.24) is 5.32 Å². The molecule has 3 fully saturated rings. The quantitative estimate of drug-likeness (QED) is 0.193. The van der Waals surface area contributed by atoms with Crippen LogP contribution in [0.5, 0.6) is 0 Å². The first kappa shape index (κ1) is 35.8. The van der Waals surface area contributed by atoms with Crippen molar-refractivity contribution in [2.45, 2.75) is 109 Å². The number of halogens is 1. The molecular weight excluding hydrogens is 640 g/mol. The summed E-state index contributed by atoms with van der Waals surface area (Å²) >= 11 is 11.2. The molecule has 5 rings (SSSR count). The topological polar surface area (TPSA) is 118 Å². The number of fused-ring (bicyclic) bond motifs is 5. The molecule has 2 N–H and O–H groups in total. The third kappa shape index (κ3) is 7.71. The minimum absolute atomic E-state index is 0.122. The van der Waals surface area contributed by atoms with Crippen molar-refractivity contribution >= 4 is 47.9 Å². The van der Waals surface area contributed by atoms with Crippen molar-refractivity contribution < 1.29 is 33.7 Å². The maximum Gasteiger partial charge on any atom is 0.409 e. The molecule has 11 heteroatoms. The van der Waals surface area contributed by atoms with E-state index in [4.69, 9.17) is 25.8 Å². The summed E-state index contributed by atoms with van der Waals surface area (Å²) in [5.41, 5.74) is 0.914. The van der Waals surface area contributed by atoms with E-state index in [0.717, 1.165) is 35.3 Å². The van der Waals surface area contributed by atoms with Crippen molar-refractivity contribution in [3.05, 3.63) is 52.1 Å². The molecule has 258 valence electrons. The Labute approximate surface area is 288 Å². The molecule has 3 aliphatic heterocycles. The van der Waals surface area contributed by atoms with Gasteiger partial charge in [0.1, 0.15) is 23.5 Å². The number of hydrogen-bond donors (Lipinski definition) is 3. The van der Waals surface area contributed by atoms with E-state index in [0.29, 0.717) is 35.9 Å². The Morgan fingerprint density at radius 1 is 1.19 bits per heavy atom. The fourth-order valence-corrected chi connectivity index (χ4v) is 7.97. The normalized spacial score (nSPS) is 38.3. The average molecular weight is 689 g/mol. The number of aryl methyl sites for hydroxylation is 1. The number of anilines is 1. The first-order chi connectivity index (χ1) is 22.1. The summed E-state index contributed by atoms with van der Waals surface area (Å²) in [7, 11) is 1.69. The minimum Gasteiger partial charge on any atom is -0.458 e. The SMILES string of the molecule is C/C1=C\C=C\[C@@H](C)[C@@]2(O)C[C@H](OC(=O)N2)[C@@H](C)[C@@H]2O[C@@]2(C)[C@@H](OC(=O)C2CCC(CS)CC2)CC(=O)N(C)c2cc(cc(C)c2Cl)C1. The van der Waals surface area contributed by atoms with Crippen LogP contribution in [0.3, 0.4) is 0 Å². The summed E-state index contributed by atoms with van der Waals surface area (Å²) in [6.07, 6.45) is 6.82. The van der Waals surface area contributed by atoms with E-state index in [9.17, 15) is 19.5 Å². The first-order valence-electron chi connectivity index (χ1n) is 16.7. The standard InChI is InChI=1S/C36H49ClN2O7S/c1-20-8-7-9-22(3)36(43)18-28(44-34(42)38-36)23(4)32-35(5,46-32)29(45-33(41)26-12-10-24(19-47)11-13-26)17-30(40)39(6)27-16-25(14-20)15-21(2)31(27)37/h7-9,15-16,22-24,26,28-29,32,43,47H,10-14,17-19H2,1-6H3,(H,38,42)/b9-7+,20-8+/t22-,23-,24?,26?,28+,29+,32+,35+,36+/m1/s1. The molecule has 2 amide bonds. The number of nitrogens with one attached hydrogen (secondary N) is 1. The Kier molecular flexibility index (Phi) is 10.8. The van der Waals surface area contributed by atoms with Crippen LogP contribution in [0.25, 0.3) is 0 Å². The molecule has 4 bridgehead atoms. The van der Waals surface area contributed by atoms with E-state index in [1.165, 1.54) is 4.90 Å². The molecule has 4 aliphatic rings. The van der Waals surface area contributed by atoms with Crippen molar-refractivity contribution in [2.24, 2.45) is 23.7 Å². The van der Waals surface area contributed by atoms with E-state index in [1.807, 2.05) is 65.0 Å². The number of aliphatic hydroxyl groups is 1. The van der Waals surface area contributed by atoms with Gasteiger partial charge in [0.15, 0.2) is 0 Å². The number of epoxide rings is 1. The van der Waals surface area contributed by atoms with Crippen LogP contribution in [0.4, 0.5) is 10.5 Å². The molecule has 1 aliphatic carbocycles. The second-order valence-corrected chi connectivity index (χ2v) is 15.1. The fourth-order valence-electron chi connectivity index (χ4n) is 7.36. The summed E-state index contributed by atoms with van der Waals surface area (Å²) in [5.74, 6) is -0.370. The summed E-state index contributed by atoms with van der Waals surface area (Å²) in [6.45, 7) is 9.51. The van der Waals surface area contributed by atoms with E-state index < -0.39 is 41.6 Å². The number of nitrogens with zero attached hydrogens (tertiary/aromatic N) is 1. The third-order valence-corrected chi connectivity index (χ3v) is 11.8. The maximum absolute atomic E-state index is 14.0. The van der Waals surface area contributed by atoms with Crippen LogP contribution in [0.1, 0.15) is 77.3 Å². The fraction of sp³-hybridized carbons (Fsp3) is 0.639. The van der Waals surface area contributed by atoms with E-state index in [-0.39, 0.29) is 36.6 Å². The minimum atomic E-state index is -1.54. The number of esters is 1. The molecule has 3 heterocycles. The number of rotatable bonds is 3. The van der Waals surface area contributed by atoms with Crippen molar-refractivity contribution in [3.63, 3.8) is 0 Å². The number of alkyl carbamates (subject to hydrolysis) is 1. The zero-order valence-corrected chi connectivity index (χ0v) is 29.9. The van der Waals surface area contributed by atoms with Crippen LogP contribution in [0.2, 0.25) is 5.02 Å². The summed E-state index contributed by atoms with van der Waals surface area (Å²) in [4.78, 5) is 41.9. The smallest absolute Gasteiger partial charge is 0.409 e. The van der Waals surface area contributed by atoms with Gasteiger partial charge < -0.3 is 24.2 Å².